The molecule has 16 heavy (non-hydrogen) atoms. The van der Waals surface area contributed by atoms with Crippen LogP contribution in [0.3, 0.4) is 0 Å². The molecule has 0 fully saturated rings. The van der Waals surface area contributed by atoms with Gasteiger partial charge in [-0.2, -0.15) is 0 Å². The Bertz CT molecular complexity index is 552. The van der Waals surface area contributed by atoms with E-state index in [1.807, 2.05) is 13.8 Å². The highest BCUT2D eigenvalue weighted by molar-refractivity contribution is 9.10. The van der Waals surface area contributed by atoms with E-state index in [4.69, 9.17) is 5.73 Å². The largest absolute Gasteiger partial charge is 0.383 e. The molecule has 0 amide bonds. The van der Waals surface area contributed by atoms with E-state index >= 15 is 0 Å². The minimum atomic E-state index is -0.271. The zero-order valence-electron chi connectivity index (χ0n) is 9.09. The minimum Gasteiger partial charge on any atom is -0.383 e. The molecule has 0 unspecified atom stereocenters. The van der Waals surface area contributed by atoms with E-state index < -0.39 is 0 Å². The topological polar surface area (TPSA) is 38.9 Å². The number of nitrogens with zero attached hydrogens (tertiary/aromatic N) is 1. The van der Waals surface area contributed by atoms with Crippen LogP contribution in [-0.2, 0) is 0 Å². The van der Waals surface area contributed by atoms with Crippen molar-refractivity contribution in [3.63, 3.8) is 0 Å². The van der Waals surface area contributed by atoms with Crippen molar-refractivity contribution in [2.75, 3.05) is 5.73 Å². The number of fused-ring (bicyclic) bond motifs is 1. The summed E-state index contributed by atoms with van der Waals surface area (Å²) >= 11 is 3.34. The van der Waals surface area contributed by atoms with Gasteiger partial charge in [-0.05, 0) is 45.6 Å². The van der Waals surface area contributed by atoms with E-state index in [-0.39, 0.29) is 11.7 Å². The van der Waals surface area contributed by atoms with Crippen molar-refractivity contribution in [2.45, 2.75) is 19.8 Å². The molecule has 0 bridgehead atoms. The number of hydrogen-bond donors (Lipinski definition) is 1. The first kappa shape index (κ1) is 11.3. The fourth-order valence-electron chi connectivity index (χ4n) is 1.68. The summed E-state index contributed by atoms with van der Waals surface area (Å²) in [5.41, 5.74) is 7.30. The third-order valence-electron chi connectivity index (χ3n) is 2.56. The molecule has 0 atom stereocenters. The summed E-state index contributed by atoms with van der Waals surface area (Å²) in [6.45, 7) is 4.02. The highest BCUT2D eigenvalue weighted by Crippen LogP contribution is 2.30. The summed E-state index contributed by atoms with van der Waals surface area (Å²) in [7, 11) is 0. The maximum absolute atomic E-state index is 13.6. The van der Waals surface area contributed by atoms with Crippen LogP contribution in [0.5, 0.6) is 0 Å². The molecule has 1 aromatic carbocycles. The second kappa shape index (κ2) is 4.01. The van der Waals surface area contributed by atoms with Gasteiger partial charge in [0.25, 0.3) is 0 Å². The molecule has 0 aliphatic rings. The van der Waals surface area contributed by atoms with Crippen molar-refractivity contribution < 1.29 is 4.39 Å². The third kappa shape index (κ3) is 1.78. The van der Waals surface area contributed by atoms with Gasteiger partial charge < -0.3 is 5.73 Å². The maximum Gasteiger partial charge on any atom is 0.132 e. The fourth-order valence-corrected chi connectivity index (χ4v) is 2.12. The smallest absolute Gasteiger partial charge is 0.132 e. The fraction of sp³-hybridized carbons (Fsp3) is 0.250. The number of pyridine rings is 1. The lowest BCUT2D eigenvalue weighted by Crippen LogP contribution is -2.01. The Labute approximate surface area is 102 Å². The Hall–Kier alpha value is -1.16. The predicted molar refractivity (Wildman–Crippen MR) is 67.9 cm³/mol. The third-order valence-corrected chi connectivity index (χ3v) is 3.20. The number of nitrogen functional groups attached to an aromatic ring is 1. The summed E-state index contributed by atoms with van der Waals surface area (Å²) in [5, 5.41) is 0.507. The first-order valence-electron chi connectivity index (χ1n) is 5.05. The van der Waals surface area contributed by atoms with Crippen LogP contribution >= 0.6 is 15.9 Å². The standard InChI is InChI=1S/C12H12BrFN2/c1-6(2)7-5-8-10(14)4-3-9(13)11(8)16-12(7)15/h3-6H,1-2H3,(H2,15,16). The van der Waals surface area contributed by atoms with Crippen molar-refractivity contribution >= 4 is 32.7 Å². The van der Waals surface area contributed by atoms with E-state index in [9.17, 15) is 4.39 Å². The van der Waals surface area contributed by atoms with Gasteiger partial charge in [-0.3, -0.25) is 0 Å². The molecule has 2 aromatic rings. The van der Waals surface area contributed by atoms with Crippen LogP contribution in [0.2, 0.25) is 0 Å². The van der Waals surface area contributed by atoms with E-state index in [0.717, 1.165) is 10.0 Å². The first-order chi connectivity index (χ1) is 7.50. The maximum atomic E-state index is 13.6. The number of hydrogen-bond acceptors (Lipinski definition) is 2. The molecule has 2 nitrogen and oxygen atoms in total. The number of benzene rings is 1. The number of rotatable bonds is 1. The molecule has 1 heterocycles. The molecule has 0 aliphatic heterocycles. The van der Waals surface area contributed by atoms with Gasteiger partial charge in [-0.25, -0.2) is 9.37 Å². The van der Waals surface area contributed by atoms with Gasteiger partial charge in [0.05, 0.1) is 5.52 Å². The van der Waals surface area contributed by atoms with Gasteiger partial charge >= 0.3 is 0 Å². The van der Waals surface area contributed by atoms with Crippen molar-refractivity contribution in [1.29, 1.82) is 0 Å². The Morgan fingerprint density at radius 2 is 2.06 bits per heavy atom. The van der Waals surface area contributed by atoms with Crippen LogP contribution in [0.15, 0.2) is 22.7 Å². The van der Waals surface area contributed by atoms with Gasteiger partial charge in [0.1, 0.15) is 11.6 Å². The summed E-state index contributed by atoms with van der Waals surface area (Å²) < 4.78 is 14.4. The Morgan fingerprint density at radius 3 is 2.69 bits per heavy atom. The van der Waals surface area contributed by atoms with E-state index in [2.05, 4.69) is 20.9 Å². The van der Waals surface area contributed by atoms with Crippen LogP contribution in [0, 0.1) is 5.82 Å². The molecule has 2 rings (SSSR count). The SMILES string of the molecule is CC(C)c1cc2c(F)ccc(Br)c2nc1N. The number of nitrogens with two attached hydrogens (primary N) is 1. The second-order valence-corrected chi connectivity index (χ2v) is 4.90. The molecule has 84 valence electrons. The lowest BCUT2D eigenvalue weighted by atomic mass is 10.0. The summed E-state index contributed by atoms with van der Waals surface area (Å²) in [5.74, 6) is 0.427. The van der Waals surface area contributed by atoms with Crippen molar-refractivity contribution in [2.24, 2.45) is 0 Å². The molecular formula is C12H12BrFN2. The lowest BCUT2D eigenvalue weighted by molar-refractivity contribution is 0.639. The average molecular weight is 283 g/mol. The van der Waals surface area contributed by atoms with Crippen molar-refractivity contribution in [3.8, 4) is 0 Å². The van der Waals surface area contributed by atoms with E-state index in [0.29, 0.717) is 16.7 Å². The highest BCUT2D eigenvalue weighted by atomic mass is 79.9. The van der Waals surface area contributed by atoms with Gasteiger partial charge in [-0.1, -0.05) is 13.8 Å². The highest BCUT2D eigenvalue weighted by Gasteiger charge is 2.12. The number of halogens is 2. The molecule has 1 aromatic heterocycles. The number of anilines is 1. The van der Waals surface area contributed by atoms with Gasteiger partial charge in [0.2, 0.25) is 0 Å². The van der Waals surface area contributed by atoms with E-state index in [1.54, 1.807) is 12.1 Å². The summed E-state index contributed by atoms with van der Waals surface area (Å²) in [6, 6.07) is 4.84. The van der Waals surface area contributed by atoms with E-state index in [1.165, 1.54) is 6.07 Å². The first-order valence-corrected chi connectivity index (χ1v) is 5.84. The quantitative estimate of drug-likeness (QED) is 0.863. The number of aromatic nitrogens is 1. The molecular weight excluding hydrogens is 271 g/mol. The normalized spacial score (nSPS) is 11.3. The molecule has 0 saturated carbocycles. The van der Waals surface area contributed by atoms with Crippen LogP contribution in [0.4, 0.5) is 10.2 Å². The molecule has 0 saturated heterocycles. The molecule has 2 N–H and O–H groups in total. The molecule has 0 radical (unpaired) electrons. The Kier molecular flexibility index (Phi) is 2.84. The molecule has 0 spiro atoms. The van der Waals surface area contributed by atoms with Crippen LogP contribution in [-0.4, -0.2) is 4.98 Å². The summed E-state index contributed by atoms with van der Waals surface area (Å²) in [4.78, 5) is 4.25. The average Bonchev–Trinajstić information content (AvgIpc) is 2.23. The van der Waals surface area contributed by atoms with Gasteiger partial charge in [0.15, 0.2) is 0 Å². The lowest BCUT2D eigenvalue weighted by Gasteiger charge is -2.11. The van der Waals surface area contributed by atoms with Crippen LogP contribution < -0.4 is 5.73 Å². The molecule has 4 heteroatoms. The van der Waals surface area contributed by atoms with Crippen molar-refractivity contribution in [1.82, 2.24) is 4.98 Å². The zero-order chi connectivity index (χ0) is 11.9. The van der Waals surface area contributed by atoms with Crippen LogP contribution in [0.25, 0.3) is 10.9 Å². The van der Waals surface area contributed by atoms with Gasteiger partial charge in [0, 0.05) is 9.86 Å². The Morgan fingerprint density at radius 1 is 1.38 bits per heavy atom. The second-order valence-electron chi connectivity index (χ2n) is 4.04. The predicted octanol–water partition coefficient (Wildman–Crippen LogP) is 3.84. The monoisotopic (exact) mass is 282 g/mol. The summed E-state index contributed by atoms with van der Waals surface area (Å²) in [6.07, 6.45) is 0. The zero-order valence-corrected chi connectivity index (χ0v) is 10.7. The van der Waals surface area contributed by atoms with Crippen LogP contribution in [0.1, 0.15) is 25.3 Å². The van der Waals surface area contributed by atoms with Gasteiger partial charge in [-0.15, -0.1) is 0 Å². The van der Waals surface area contributed by atoms with Crippen molar-refractivity contribution in [3.05, 3.63) is 34.1 Å². The molecule has 0 aliphatic carbocycles. The Balaban J connectivity index is 2.84. The minimum absolute atomic E-state index is 0.232.